The Hall–Kier alpha value is -1.61. The first-order valence-corrected chi connectivity index (χ1v) is 8.62. The molecule has 1 aliphatic rings. The lowest BCUT2D eigenvalue weighted by Gasteiger charge is -2.22. The van der Waals surface area contributed by atoms with Gasteiger partial charge in [0.15, 0.2) is 0 Å². The number of carbonyl (C=O) groups is 1. The quantitative estimate of drug-likeness (QED) is 0.848. The SMILES string of the molecule is O=C(Cc1sccc1C1CCCCC1)Nc1ccccc1. The average Bonchev–Trinajstić information content (AvgIpc) is 2.97. The molecule has 0 radical (unpaired) electrons. The summed E-state index contributed by atoms with van der Waals surface area (Å²) in [6.07, 6.45) is 7.09. The third kappa shape index (κ3) is 3.73. The molecule has 1 saturated carbocycles. The van der Waals surface area contributed by atoms with Gasteiger partial charge in [-0.3, -0.25) is 4.79 Å². The summed E-state index contributed by atoms with van der Waals surface area (Å²) in [6.45, 7) is 0. The predicted octanol–water partition coefficient (Wildman–Crippen LogP) is 4.98. The molecule has 1 aromatic carbocycles. The highest BCUT2D eigenvalue weighted by Gasteiger charge is 2.20. The van der Waals surface area contributed by atoms with Gasteiger partial charge in [0.05, 0.1) is 6.42 Å². The minimum atomic E-state index is 0.0840. The summed E-state index contributed by atoms with van der Waals surface area (Å²) >= 11 is 1.72. The lowest BCUT2D eigenvalue weighted by atomic mass is 9.84. The van der Waals surface area contributed by atoms with Gasteiger partial charge in [-0.1, -0.05) is 37.5 Å². The van der Waals surface area contributed by atoms with Crippen molar-refractivity contribution < 1.29 is 4.79 Å². The van der Waals surface area contributed by atoms with Gasteiger partial charge in [-0.25, -0.2) is 0 Å². The first-order chi connectivity index (χ1) is 10.3. The zero-order chi connectivity index (χ0) is 14.5. The van der Waals surface area contributed by atoms with E-state index in [2.05, 4.69) is 16.8 Å². The Balaban J connectivity index is 1.65. The van der Waals surface area contributed by atoms with E-state index in [1.54, 1.807) is 11.3 Å². The molecule has 3 rings (SSSR count). The standard InChI is InChI=1S/C18H21NOS/c20-18(19-15-9-5-2-6-10-15)13-17-16(11-12-21-17)14-7-3-1-4-8-14/h2,5-6,9-12,14H,1,3-4,7-8,13H2,(H,19,20). The predicted molar refractivity (Wildman–Crippen MR) is 88.9 cm³/mol. The molecular formula is C18H21NOS. The molecule has 1 heterocycles. The molecule has 110 valence electrons. The topological polar surface area (TPSA) is 29.1 Å². The Morgan fingerprint density at radius 2 is 1.86 bits per heavy atom. The zero-order valence-electron chi connectivity index (χ0n) is 12.2. The maximum absolute atomic E-state index is 12.2. The summed E-state index contributed by atoms with van der Waals surface area (Å²) < 4.78 is 0. The van der Waals surface area contributed by atoms with E-state index in [0.29, 0.717) is 12.3 Å². The van der Waals surface area contributed by atoms with Crippen molar-refractivity contribution in [2.75, 3.05) is 5.32 Å². The minimum absolute atomic E-state index is 0.0840. The average molecular weight is 299 g/mol. The summed E-state index contributed by atoms with van der Waals surface area (Å²) in [5.41, 5.74) is 2.29. The molecule has 21 heavy (non-hydrogen) atoms. The van der Waals surface area contributed by atoms with E-state index in [9.17, 15) is 4.79 Å². The number of carbonyl (C=O) groups excluding carboxylic acids is 1. The van der Waals surface area contributed by atoms with Crippen molar-refractivity contribution in [2.45, 2.75) is 44.4 Å². The molecule has 0 aliphatic heterocycles. The number of thiophene rings is 1. The smallest absolute Gasteiger partial charge is 0.229 e. The van der Waals surface area contributed by atoms with Crippen LogP contribution in [0.25, 0.3) is 0 Å². The summed E-state index contributed by atoms with van der Waals surface area (Å²) in [6, 6.07) is 11.9. The molecule has 0 saturated heterocycles. The normalized spacial score (nSPS) is 15.8. The largest absolute Gasteiger partial charge is 0.326 e. The Bertz CT molecular complexity index is 584. The summed E-state index contributed by atoms with van der Waals surface area (Å²) in [7, 11) is 0. The molecule has 2 aromatic rings. The summed E-state index contributed by atoms with van der Waals surface area (Å²) in [5.74, 6) is 0.755. The van der Waals surface area contributed by atoms with Gasteiger partial charge in [0, 0.05) is 10.6 Å². The van der Waals surface area contributed by atoms with Crippen LogP contribution in [0.2, 0.25) is 0 Å². The molecule has 0 unspecified atom stereocenters. The number of benzene rings is 1. The number of anilines is 1. The van der Waals surface area contributed by atoms with Crippen LogP contribution in [0.1, 0.15) is 48.5 Å². The fraction of sp³-hybridized carbons (Fsp3) is 0.389. The van der Waals surface area contributed by atoms with E-state index in [4.69, 9.17) is 0 Å². The fourth-order valence-corrected chi connectivity index (χ4v) is 4.11. The van der Waals surface area contributed by atoms with E-state index < -0.39 is 0 Å². The number of amides is 1. The molecule has 1 amide bonds. The van der Waals surface area contributed by atoms with Gasteiger partial charge in [-0.05, 0) is 47.9 Å². The first kappa shape index (κ1) is 14.3. The minimum Gasteiger partial charge on any atom is -0.326 e. The molecule has 1 aromatic heterocycles. The van der Waals surface area contributed by atoms with Crippen molar-refractivity contribution in [2.24, 2.45) is 0 Å². The van der Waals surface area contributed by atoms with Crippen molar-refractivity contribution in [1.29, 1.82) is 0 Å². The Morgan fingerprint density at radius 1 is 1.10 bits per heavy atom. The monoisotopic (exact) mass is 299 g/mol. The van der Waals surface area contributed by atoms with Gasteiger partial charge < -0.3 is 5.32 Å². The third-order valence-corrected chi connectivity index (χ3v) is 5.14. The van der Waals surface area contributed by atoms with Crippen LogP contribution in [-0.4, -0.2) is 5.91 Å². The molecule has 2 nitrogen and oxygen atoms in total. The molecule has 0 bridgehead atoms. The van der Waals surface area contributed by atoms with Crippen LogP contribution in [0.15, 0.2) is 41.8 Å². The van der Waals surface area contributed by atoms with Crippen molar-refractivity contribution in [3.8, 4) is 0 Å². The number of nitrogens with one attached hydrogen (secondary N) is 1. The van der Waals surface area contributed by atoms with E-state index in [1.807, 2.05) is 30.3 Å². The highest BCUT2D eigenvalue weighted by Crippen LogP contribution is 2.36. The van der Waals surface area contributed by atoms with E-state index in [1.165, 1.54) is 42.5 Å². The van der Waals surface area contributed by atoms with Crippen molar-refractivity contribution in [3.05, 3.63) is 52.2 Å². The van der Waals surface area contributed by atoms with Crippen LogP contribution in [0.5, 0.6) is 0 Å². The molecule has 1 fully saturated rings. The molecule has 0 spiro atoms. The molecule has 0 atom stereocenters. The van der Waals surface area contributed by atoms with Crippen LogP contribution in [0.3, 0.4) is 0 Å². The van der Waals surface area contributed by atoms with Crippen molar-refractivity contribution in [1.82, 2.24) is 0 Å². The number of para-hydroxylation sites is 1. The highest BCUT2D eigenvalue weighted by atomic mass is 32.1. The Kier molecular flexibility index (Phi) is 4.71. The van der Waals surface area contributed by atoms with Crippen molar-refractivity contribution in [3.63, 3.8) is 0 Å². The van der Waals surface area contributed by atoms with Crippen molar-refractivity contribution >= 4 is 22.9 Å². The van der Waals surface area contributed by atoms with Crippen LogP contribution in [0, 0.1) is 0 Å². The zero-order valence-corrected chi connectivity index (χ0v) is 13.0. The van der Waals surface area contributed by atoms with Crippen LogP contribution < -0.4 is 5.32 Å². The maximum Gasteiger partial charge on any atom is 0.229 e. The second-order valence-corrected chi connectivity index (χ2v) is 6.73. The fourth-order valence-electron chi connectivity index (χ4n) is 3.14. The van der Waals surface area contributed by atoms with E-state index in [-0.39, 0.29) is 5.91 Å². The number of hydrogen-bond donors (Lipinski definition) is 1. The highest BCUT2D eigenvalue weighted by molar-refractivity contribution is 7.10. The molecule has 1 aliphatic carbocycles. The Morgan fingerprint density at radius 3 is 2.62 bits per heavy atom. The maximum atomic E-state index is 12.2. The van der Waals surface area contributed by atoms with Crippen LogP contribution in [-0.2, 0) is 11.2 Å². The first-order valence-electron chi connectivity index (χ1n) is 7.74. The van der Waals surface area contributed by atoms with Gasteiger partial charge in [-0.2, -0.15) is 0 Å². The summed E-state index contributed by atoms with van der Waals surface area (Å²) in [5, 5.41) is 5.11. The number of rotatable bonds is 4. The molecule has 3 heteroatoms. The van der Waals surface area contributed by atoms with E-state index in [0.717, 1.165) is 5.69 Å². The Labute approximate surface area is 130 Å². The van der Waals surface area contributed by atoms with Crippen LogP contribution in [0.4, 0.5) is 5.69 Å². The van der Waals surface area contributed by atoms with Gasteiger partial charge in [-0.15, -0.1) is 11.3 Å². The van der Waals surface area contributed by atoms with Crippen LogP contribution >= 0.6 is 11.3 Å². The second kappa shape index (κ2) is 6.90. The lowest BCUT2D eigenvalue weighted by molar-refractivity contribution is -0.115. The third-order valence-electron chi connectivity index (χ3n) is 4.20. The van der Waals surface area contributed by atoms with E-state index >= 15 is 0 Å². The van der Waals surface area contributed by atoms with Gasteiger partial charge in [0.25, 0.3) is 0 Å². The summed E-state index contributed by atoms with van der Waals surface area (Å²) in [4.78, 5) is 13.5. The number of hydrogen-bond acceptors (Lipinski definition) is 2. The lowest BCUT2D eigenvalue weighted by Crippen LogP contribution is -2.15. The second-order valence-electron chi connectivity index (χ2n) is 5.73. The van der Waals surface area contributed by atoms with Gasteiger partial charge in [0.2, 0.25) is 5.91 Å². The van der Waals surface area contributed by atoms with Gasteiger partial charge in [0.1, 0.15) is 0 Å². The molecular weight excluding hydrogens is 278 g/mol. The van der Waals surface area contributed by atoms with Gasteiger partial charge >= 0.3 is 0 Å². The molecule has 1 N–H and O–H groups in total.